The van der Waals surface area contributed by atoms with Crippen molar-refractivity contribution in [3.63, 3.8) is 0 Å². The summed E-state index contributed by atoms with van der Waals surface area (Å²) in [5.74, 6) is 2.34. The van der Waals surface area contributed by atoms with Gasteiger partial charge in [0.25, 0.3) is 0 Å². The Morgan fingerprint density at radius 3 is 2.27 bits per heavy atom. The van der Waals surface area contributed by atoms with Crippen LogP contribution in [0.25, 0.3) is 0 Å². The van der Waals surface area contributed by atoms with Gasteiger partial charge in [0.1, 0.15) is 5.78 Å². The molecule has 1 atom stereocenters. The zero-order valence-corrected chi connectivity index (χ0v) is 10.6. The molecule has 0 heterocycles. The Balaban J connectivity index is 2.18. The lowest BCUT2D eigenvalue weighted by molar-refractivity contribution is -0.123. The van der Waals surface area contributed by atoms with Gasteiger partial charge < -0.3 is 0 Å². The summed E-state index contributed by atoms with van der Waals surface area (Å²) in [5, 5.41) is 0. The molecule has 0 aliphatic heterocycles. The van der Waals surface area contributed by atoms with Gasteiger partial charge in [0.15, 0.2) is 0 Å². The number of Topliss-reactive ketones (excluding diaryl/α,β-unsaturated/α-hetero) is 1. The van der Waals surface area contributed by atoms with Crippen molar-refractivity contribution < 1.29 is 4.79 Å². The van der Waals surface area contributed by atoms with Crippen LogP contribution in [-0.4, -0.2) is 5.78 Å². The lowest BCUT2D eigenvalue weighted by Crippen LogP contribution is -2.14. The number of carbonyl (C=O) groups excluding carboxylic acids is 1. The van der Waals surface area contributed by atoms with Crippen LogP contribution in [0, 0.1) is 17.8 Å². The summed E-state index contributed by atoms with van der Waals surface area (Å²) in [5.41, 5.74) is 0. The van der Waals surface area contributed by atoms with E-state index in [1.165, 1.54) is 25.7 Å². The van der Waals surface area contributed by atoms with Gasteiger partial charge in [-0.3, -0.25) is 4.79 Å². The predicted molar refractivity (Wildman–Crippen MR) is 64.8 cm³/mol. The summed E-state index contributed by atoms with van der Waals surface area (Å²) in [4.78, 5) is 11.9. The maximum Gasteiger partial charge on any atom is 0.136 e. The van der Waals surface area contributed by atoms with Gasteiger partial charge in [-0.05, 0) is 24.7 Å². The highest BCUT2D eigenvalue weighted by molar-refractivity contribution is 5.81. The van der Waals surface area contributed by atoms with Gasteiger partial charge in [0, 0.05) is 12.3 Å². The first-order chi connectivity index (χ1) is 7.09. The van der Waals surface area contributed by atoms with Crippen LogP contribution < -0.4 is 0 Å². The third kappa shape index (κ3) is 4.81. The molecule has 1 saturated carbocycles. The third-order valence-corrected chi connectivity index (χ3v) is 3.60. The van der Waals surface area contributed by atoms with E-state index in [4.69, 9.17) is 0 Å². The van der Waals surface area contributed by atoms with E-state index in [0.29, 0.717) is 17.6 Å². The van der Waals surface area contributed by atoms with Gasteiger partial charge in [-0.2, -0.15) is 0 Å². The molecule has 1 rings (SSSR count). The normalized spacial score (nSPS) is 19.7. The standard InChI is InChI=1S/C14H26O/c1-11(2)8-9-12(3)10-14(15)13-6-4-5-7-13/h11-13H,4-10H2,1-3H3. The van der Waals surface area contributed by atoms with Crippen molar-refractivity contribution in [2.75, 3.05) is 0 Å². The fourth-order valence-electron chi connectivity index (χ4n) is 2.48. The molecule has 1 aliphatic carbocycles. The van der Waals surface area contributed by atoms with Gasteiger partial charge in [-0.25, -0.2) is 0 Å². The molecular formula is C14H26O. The minimum Gasteiger partial charge on any atom is -0.299 e. The molecule has 0 spiro atoms. The summed E-state index contributed by atoms with van der Waals surface area (Å²) >= 11 is 0. The molecule has 1 fully saturated rings. The maximum absolute atomic E-state index is 11.9. The van der Waals surface area contributed by atoms with E-state index in [0.717, 1.165) is 25.2 Å². The zero-order chi connectivity index (χ0) is 11.3. The van der Waals surface area contributed by atoms with Crippen LogP contribution in [0.3, 0.4) is 0 Å². The number of hydrogen-bond donors (Lipinski definition) is 0. The van der Waals surface area contributed by atoms with E-state index >= 15 is 0 Å². The molecule has 0 aromatic carbocycles. The Morgan fingerprint density at radius 1 is 1.13 bits per heavy atom. The molecule has 0 N–H and O–H groups in total. The van der Waals surface area contributed by atoms with Crippen molar-refractivity contribution in [2.24, 2.45) is 17.8 Å². The first-order valence-corrected chi connectivity index (χ1v) is 6.62. The predicted octanol–water partition coefficient (Wildman–Crippen LogP) is 4.21. The molecule has 1 unspecified atom stereocenters. The second-order valence-corrected chi connectivity index (χ2v) is 5.73. The van der Waals surface area contributed by atoms with Gasteiger partial charge >= 0.3 is 0 Å². The van der Waals surface area contributed by atoms with Crippen LogP contribution in [0.4, 0.5) is 0 Å². The molecule has 88 valence electrons. The van der Waals surface area contributed by atoms with E-state index in [1.54, 1.807) is 0 Å². The topological polar surface area (TPSA) is 17.1 Å². The van der Waals surface area contributed by atoms with Crippen molar-refractivity contribution >= 4 is 5.78 Å². The number of ketones is 1. The molecule has 1 aliphatic rings. The Bertz CT molecular complexity index is 190. The summed E-state index contributed by atoms with van der Waals surface area (Å²) < 4.78 is 0. The molecule has 0 radical (unpaired) electrons. The van der Waals surface area contributed by atoms with E-state index in [9.17, 15) is 4.79 Å². The van der Waals surface area contributed by atoms with E-state index in [2.05, 4.69) is 20.8 Å². The summed E-state index contributed by atoms with van der Waals surface area (Å²) in [6, 6.07) is 0. The van der Waals surface area contributed by atoms with Crippen LogP contribution in [0.5, 0.6) is 0 Å². The van der Waals surface area contributed by atoms with Gasteiger partial charge in [-0.15, -0.1) is 0 Å². The van der Waals surface area contributed by atoms with E-state index in [1.807, 2.05) is 0 Å². The van der Waals surface area contributed by atoms with Crippen molar-refractivity contribution in [1.29, 1.82) is 0 Å². The molecule has 1 nitrogen and oxygen atoms in total. The Labute approximate surface area is 94.6 Å². The Morgan fingerprint density at radius 2 is 1.73 bits per heavy atom. The highest BCUT2D eigenvalue weighted by atomic mass is 16.1. The minimum absolute atomic E-state index is 0.423. The van der Waals surface area contributed by atoms with Gasteiger partial charge in [0.2, 0.25) is 0 Å². The number of hydrogen-bond acceptors (Lipinski definition) is 1. The second kappa shape index (κ2) is 6.30. The molecule has 0 bridgehead atoms. The monoisotopic (exact) mass is 210 g/mol. The fraction of sp³-hybridized carbons (Fsp3) is 0.929. The number of rotatable bonds is 6. The van der Waals surface area contributed by atoms with Crippen LogP contribution in [-0.2, 0) is 4.79 Å². The third-order valence-electron chi connectivity index (χ3n) is 3.60. The van der Waals surface area contributed by atoms with Crippen LogP contribution in [0.2, 0.25) is 0 Å². The van der Waals surface area contributed by atoms with E-state index < -0.39 is 0 Å². The van der Waals surface area contributed by atoms with Crippen LogP contribution in [0.15, 0.2) is 0 Å². The Kier molecular flexibility index (Phi) is 5.35. The quantitative estimate of drug-likeness (QED) is 0.642. The molecule has 0 saturated heterocycles. The molecule has 0 amide bonds. The van der Waals surface area contributed by atoms with Crippen molar-refractivity contribution in [3.05, 3.63) is 0 Å². The average Bonchev–Trinajstić information content (AvgIpc) is 2.67. The minimum atomic E-state index is 0.423. The molecule has 0 aromatic heterocycles. The SMILES string of the molecule is CC(C)CCC(C)CC(=O)C1CCCC1. The lowest BCUT2D eigenvalue weighted by Gasteiger charge is -2.14. The largest absolute Gasteiger partial charge is 0.299 e. The maximum atomic E-state index is 11.9. The molecular weight excluding hydrogens is 184 g/mol. The zero-order valence-electron chi connectivity index (χ0n) is 10.6. The first kappa shape index (κ1) is 12.7. The summed E-state index contributed by atoms with van der Waals surface area (Å²) in [6.07, 6.45) is 8.19. The van der Waals surface area contributed by atoms with Gasteiger partial charge in [-0.1, -0.05) is 46.5 Å². The van der Waals surface area contributed by atoms with Crippen molar-refractivity contribution in [2.45, 2.75) is 65.7 Å². The smallest absolute Gasteiger partial charge is 0.136 e. The van der Waals surface area contributed by atoms with E-state index in [-0.39, 0.29) is 0 Å². The molecule has 1 heteroatoms. The van der Waals surface area contributed by atoms with Gasteiger partial charge in [0.05, 0.1) is 0 Å². The summed E-state index contributed by atoms with van der Waals surface area (Å²) in [7, 11) is 0. The average molecular weight is 210 g/mol. The first-order valence-electron chi connectivity index (χ1n) is 6.62. The number of carbonyl (C=O) groups is 1. The lowest BCUT2D eigenvalue weighted by atomic mass is 9.90. The van der Waals surface area contributed by atoms with Crippen LogP contribution >= 0.6 is 0 Å². The highest BCUT2D eigenvalue weighted by Crippen LogP contribution is 2.28. The molecule has 15 heavy (non-hydrogen) atoms. The summed E-state index contributed by atoms with van der Waals surface area (Å²) in [6.45, 7) is 6.74. The molecule has 0 aromatic rings. The van der Waals surface area contributed by atoms with Crippen molar-refractivity contribution in [1.82, 2.24) is 0 Å². The fourth-order valence-corrected chi connectivity index (χ4v) is 2.48. The Hall–Kier alpha value is -0.330. The highest BCUT2D eigenvalue weighted by Gasteiger charge is 2.23. The van der Waals surface area contributed by atoms with Crippen molar-refractivity contribution in [3.8, 4) is 0 Å². The van der Waals surface area contributed by atoms with Crippen LogP contribution in [0.1, 0.15) is 65.7 Å². The second-order valence-electron chi connectivity index (χ2n) is 5.73.